The van der Waals surface area contributed by atoms with Gasteiger partial charge in [-0.05, 0) is 0 Å². The molecule has 0 aliphatic heterocycles. The van der Waals surface area contributed by atoms with Gasteiger partial charge in [0, 0.05) is 0 Å². The van der Waals surface area contributed by atoms with Crippen LogP contribution >= 0.6 is 7.26 Å². The zero-order valence-corrected chi connectivity index (χ0v) is 17.3. The van der Waals surface area contributed by atoms with E-state index >= 15 is 0 Å². The molecule has 3 aromatic carbocycles. The molecule has 0 fully saturated rings. The fourth-order valence-electron chi connectivity index (χ4n) is 3.98. The number of nitrogens with zero attached hydrogens (tertiary/aromatic N) is 1. The molecule has 3 aromatic rings. The second-order valence-electron chi connectivity index (χ2n) is 7.76. The van der Waals surface area contributed by atoms with Crippen molar-refractivity contribution in [3.63, 3.8) is 0 Å². The SMILES string of the molecule is C[N+](C)([O-])CCCC[PH](c1ccccc1)(c1ccccc1)c1ccccc1. The summed E-state index contributed by atoms with van der Waals surface area (Å²) in [5.74, 6) is 0. The molecular weight excluding hydrogens is 349 g/mol. The standard InChI is InChI=1S/C24H30NOP/c1-25(2,26)20-12-13-21-27(22-14-6-3-7-15-22,23-16-8-4-9-17-23)24-18-10-5-11-19-24/h3-11,14-19,27H,12-13,20-21H2,1-2H3. The van der Waals surface area contributed by atoms with Crippen LogP contribution in [0, 0.1) is 5.21 Å². The van der Waals surface area contributed by atoms with E-state index in [1.165, 1.54) is 15.9 Å². The molecule has 27 heavy (non-hydrogen) atoms. The summed E-state index contributed by atoms with van der Waals surface area (Å²) in [6.07, 6.45) is 3.14. The Kier molecular flexibility index (Phi) is 6.44. The first-order chi connectivity index (χ1) is 13.0. The van der Waals surface area contributed by atoms with Gasteiger partial charge in [-0.1, -0.05) is 0 Å². The third-order valence-electron chi connectivity index (χ3n) is 5.30. The zero-order chi connectivity index (χ0) is 19.2. The van der Waals surface area contributed by atoms with Gasteiger partial charge < -0.3 is 0 Å². The Morgan fingerprint density at radius 2 is 1.00 bits per heavy atom. The normalized spacial score (nSPS) is 12.7. The monoisotopic (exact) mass is 379 g/mol. The van der Waals surface area contributed by atoms with Crippen molar-refractivity contribution in [3.05, 3.63) is 96.2 Å². The summed E-state index contributed by atoms with van der Waals surface area (Å²) in [6, 6.07) is 32.9. The van der Waals surface area contributed by atoms with Crippen LogP contribution in [0.2, 0.25) is 0 Å². The van der Waals surface area contributed by atoms with E-state index in [4.69, 9.17) is 0 Å². The molecule has 0 aliphatic carbocycles. The molecule has 3 rings (SSSR count). The van der Waals surface area contributed by atoms with Crippen molar-refractivity contribution in [1.82, 2.24) is 0 Å². The van der Waals surface area contributed by atoms with Gasteiger partial charge in [0.05, 0.1) is 0 Å². The van der Waals surface area contributed by atoms with Gasteiger partial charge >= 0.3 is 164 Å². The van der Waals surface area contributed by atoms with Crippen LogP contribution in [0.15, 0.2) is 91.0 Å². The van der Waals surface area contributed by atoms with Gasteiger partial charge in [0.1, 0.15) is 0 Å². The van der Waals surface area contributed by atoms with Crippen molar-refractivity contribution in [2.75, 3.05) is 26.8 Å². The van der Waals surface area contributed by atoms with Crippen molar-refractivity contribution in [2.24, 2.45) is 0 Å². The number of unbranched alkanes of at least 4 members (excludes halogenated alkanes) is 1. The van der Waals surface area contributed by atoms with Crippen LogP contribution in [-0.2, 0) is 0 Å². The molecule has 0 saturated heterocycles. The Labute approximate surface area is 164 Å². The van der Waals surface area contributed by atoms with Gasteiger partial charge in [-0.25, -0.2) is 0 Å². The van der Waals surface area contributed by atoms with E-state index in [0.717, 1.165) is 19.0 Å². The summed E-state index contributed by atoms with van der Waals surface area (Å²) in [7, 11) is 1.34. The maximum atomic E-state index is 12.0. The molecule has 0 aromatic heterocycles. The number of hydrogen-bond donors (Lipinski definition) is 0. The van der Waals surface area contributed by atoms with Crippen molar-refractivity contribution < 1.29 is 4.65 Å². The van der Waals surface area contributed by atoms with E-state index in [1.807, 2.05) is 0 Å². The molecule has 0 atom stereocenters. The Balaban J connectivity index is 2.06. The average Bonchev–Trinajstić information content (AvgIpc) is 2.70. The van der Waals surface area contributed by atoms with E-state index in [9.17, 15) is 5.21 Å². The maximum absolute atomic E-state index is 12.0. The summed E-state index contributed by atoms with van der Waals surface area (Å²) in [5.41, 5.74) is 0. The minimum absolute atomic E-state index is 0.212. The van der Waals surface area contributed by atoms with Gasteiger partial charge in [0.15, 0.2) is 0 Å². The van der Waals surface area contributed by atoms with Crippen molar-refractivity contribution in [1.29, 1.82) is 0 Å². The molecular formula is C24H30NOP. The predicted molar refractivity (Wildman–Crippen MR) is 121 cm³/mol. The van der Waals surface area contributed by atoms with E-state index in [2.05, 4.69) is 91.0 Å². The number of hydroxylamine groups is 3. The van der Waals surface area contributed by atoms with Gasteiger partial charge in [-0.3, -0.25) is 0 Å². The summed E-state index contributed by atoms with van der Waals surface area (Å²) >= 11 is 0. The molecule has 0 heterocycles. The summed E-state index contributed by atoms with van der Waals surface area (Å²) in [5, 5.41) is 16.3. The minimum atomic E-state index is -2.13. The van der Waals surface area contributed by atoms with Crippen molar-refractivity contribution in [3.8, 4) is 0 Å². The van der Waals surface area contributed by atoms with Gasteiger partial charge in [-0.2, -0.15) is 0 Å². The Morgan fingerprint density at radius 3 is 1.33 bits per heavy atom. The first-order valence-electron chi connectivity index (χ1n) is 9.73. The summed E-state index contributed by atoms with van der Waals surface area (Å²) in [4.78, 5) is 0. The van der Waals surface area contributed by atoms with Crippen molar-refractivity contribution in [2.45, 2.75) is 12.8 Å². The van der Waals surface area contributed by atoms with Crippen LogP contribution in [-0.4, -0.2) is 31.4 Å². The van der Waals surface area contributed by atoms with E-state index in [0.29, 0.717) is 6.54 Å². The molecule has 0 N–H and O–H groups in total. The number of hydrogen-bond acceptors (Lipinski definition) is 1. The molecule has 142 valence electrons. The van der Waals surface area contributed by atoms with Crippen LogP contribution < -0.4 is 15.9 Å². The zero-order valence-electron chi connectivity index (χ0n) is 16.3. The van der Waals surface area contributed by atoms with Gasteiger partial charge in [0.2, 0.25) is 0 Å². The van der Waals surface area contributed by atoms with Gasteiger partial charge in [0.25, 0.3) is 0 Å². The van der Waals surface area contributed by atoms with E-state index in [-0.39, 0.29) is 4.65 Å². The molecule has 2 nitrogen and oxygen atoms in total. The second-order valence-corrected chi connectivity index (χ2v) is 11.8. The molecule has 0 unspecified atom stereocenters. The van der Waals surface area contributed by atoms with Crippen LogP contribution in [0.25, 0.3) is 0 Å². The van der Waals surface area contributed by atoms with Gasteiger partial charge in [-0.15, -0.1) is 0 Å². The topological polar surface area (TPSA) is 23.1 Å². The Bertz CT molecular complexity index is 717. The summed E-state index contributed by atoms with van der Waals surface area (Å²) < 4.78 is -0.212. The predicted octanol–water partition coefficient (Wildman–Crippen LogP) is 4.07. The Morgan fingerprint density at radius 1 is 0.630 bits per heavy atom. The molecule has 0 saturated carbocycles. The molecule has 3 heteroatoms. The van der Waals surface area contributed by atoms with Crippen LogP contribution in [0.1, 0.15) is 12.8 Å². The number of quaternary nitrogens is 1. The third-order valence-corrected chi connectivity index (χ3v) is 10.4. The molecule has 0 amide bonds. The second kappa shape index (κ2) is 8.80. The van der Waals surface area contributed by atoms with Crippen LogP contribution in [0.5, 0.6) is 0 Å². The molecule has 0 aliphatic rings. The fraction of sp³-hybridized carbons (Fsp3) is 0.250. The Hall–Kier alpha value is -1.99. The average molecular weight is 379 g/mol. The number of rotatable bonds is 8. The quantitative estimate of drug-likeness (QED) is 0.250. The first-order valence-corrected chi connectivity index (χ1v) is 11.9. The van der Waals surface area contributed by atoms with E-state index in [1.54, 1.807) is 14.1 Å². The molecule has 0 radical (unpaired) electrons. The van der Waals surface area contributed by atoms with E-state index < -0.39 is 7.26 Å². The third kappa shape index (κ3) is 4.84. The van der Waals surface area contributed by atoms with Crippen LogP contribution in [0.3, 0.4) is 0 Å². The summed E-state index contributed by atoms with van der Waals surface area (Å²) in [6.45, 7) is 0.669. The first kappa shape index (κ1) is 19.8. The molecule has 0 spiro atoms. The molecule has 0 bridgehead atoms. The van der Waals surface area contributed by atoms with Crippen molar-refractivity contribution >= 4 is 23.2 Å². The van der Waals surface area contributed by atoms with Crippen LogP contribution in [0.4, 0.5) is 0 Å². The fourth-order valence-corrected chi connectivity index (χ4v) is 8.91. The number of benzene rings is 3.